The van der Waals surface area contributed by atoms with Gasteiger partial charge in [0.15, 0.2) is 0 Å². The predicted molar refractivity (Wildman–Crippen MR) is 221 cm³/mol. The molecule has 1 atom stereocenters. The van der Waals surface area contributed by atoms with Gasteiger partial charge in [0, 0.05) is 19.8 Å². The van der Waals surface area contributed by atoms with Gasteiger partial charge in [-0.2, -0.15) is 0 Å². The zero-order valence-corrected chi connectivity index (χ0v) is 34.9. The Bertz CT molecular complexity index is 595. The number of rotatable bonds is 47. The normalized spacial score (nSPS) is 12.3. The van der Waals surface area contributed by atoms with Gasteiger partial charge in [0.05, 0.1) is 46.2 Å². The van der Waals surface area contributed by atoms with E-state index < -0.39 is 0 Å². The predicted octanol–water partition coefficient (Wildman–Crippen LogP) is 12.9. The molecule has 0 saturated carbocycles. The summed E-state index contributed by atoms with van der Waals surface area (Å²) in [7, 11) is 0. The van der Waals surface area contributed by atoms with Gasteiger partial charge in [-0.1, -0.05) is 206 Å². The maximum atomic E-state index is 6.24. The van der Waals surface area contributed by atoms with Crippen LogP contribution in [0, 0.1) is 0 Å². The summed E-state index contributed by atoms with van der Waals surface area (Å²) in [5.41, 5.74) is 5.45. The Morgan fingerprint density at radius 3 is 0.922 bits per heavy atom. The van der Waals surface area contributed by atoms with Crippen LogP contribution < -0.4 is 5.73 Å². The van der Waals surface area contributed by atoms with E-state index in [0.717, 1.165) is 26.1 Å². The Kier molecular flexibility index (Phi) is 47.6. The van der Waals surface area contributed by atoms with Crippen LogP contribution in [0.15, 0.2) is 0 Å². The molecule has 2 N–H and O–H groups in total. The number of ether oxygens (including phenoxy) is 5. The van der Waals surface area contributed by atoms with Crippen LogP contribution in [0.1, 0.15) is 219 Å². The molecule has 0 radical (unpaired) electrons. The molecule has 0 bridgehead atoms. The van der Waals surface area contributed by atoms with Gasteiger partial charge < -0.3 is 29.4 Å². The summed E-state index contributed by atoms with van der Waals surface area (Å²) in [5.74, 6) is 0. The van der Waals surface area contributed by atoms with Gasteiger partial charge >= 0.3 is 0 Å². The first-order chi connectivity index (χ1) is 25.3. The molecule has 308 valence electrons. The van der Waals surface area contributed by atoms with Crippen LogP contribution in [0.2, 0.25) is 0 Å². The lowest BCUT2D eigenvalue weighted by Crippen LogP contribution is -2.27. The van der Waals surface area contributed by atoms with Crippen LogP contribution in [0.3, 0.4) is 0 Å². The van der Waals surface area contributed by atoms with E-state index in [0.29, 0.717) is 52.8 Å². The van der Waals surface area contributed by atoms with Crippen molar-refractivity contribution in [1.82, 2.24) is 0 Å². The third-order valence-corrected chi connectivity index (χ3v) is 10.1. The Morgan fingerprint density at radius 1 is 0.294 bits per heavy atom. The van der Waals surface area contributed by atoms with E-state index in [2.05, 4.69) is 13.8 Å². The molecule has 51 heavy (non-hydrogen) atoms. The van der Waals surface area contributed by atoms with Crippen LogP contribution in [-0.4, -0.2) is 72.1 Å². The van der Waals surface area contributed by atoms with Gasteiger partial charge in [0.2, 0.25) is 0 Å². The SMILES string of the molecule is CCCCCCCCCCCCCCCCCCOC[C@H](COCCOCCOCCN)OCCCCCCCCCCCCCCCCCC. The highest BCUT2D eigenvalue weighted by Gasteiger charge is 2.10. The summed E-state index contributed by atoms with van der Waals surface area (Å²) in [6, 6.07) is 0. The van der Waals surface area contributed by atoms with E-state index >= 15 is 0 Å². The van der Waals surface area contributed by atoms with Crippen LogP contribution >= 0.6 is 0 Å². The molecular formula is C45H93NO5. The van der Waals surface area contributed by atoms with E-state index in [-0.39, 0.29) is 6.10 Å². The molecule has 0 aromatic carbocycles. The third kappa shape index (κ3) is 45.8. The van der Waals surface area contributed by atoms with Crippen molar-refractivity contribution in [3.63, 3.8) is 0 Å². The van der Waals surface area contributed by atoms with Crippen molar-refractivity contribution >= 4 is 0 Å². The highest BCUT2D eigenvalue weighted by Crippen LogP contribution is 2.15. The fourth-order valence-electron chi connectivity index (χ4n) is 6.75. The second kappa shape index (κ2) is 47.8. The topological polar surface area (TPSA) is 72.2 Å². The fraction of sp³-hybridized carbons (Fsp3) is 1.00. The largest absolute Gasteiger partial charge is 0.379 e. The van der Waals surface area contributed by atoms with Crippen LogP contribution in [0.5, 0.6) is 0 Å². The minimum Gasteiger partial charge on any atom is -0.379 e. The van der Waals surface area contributed by atoms with E-state index in [1.807, 2.05) is 0 Å². The first-order valence-corrected chi connectivity index (χ1v) is 23.0. The second-order valence-electron chi connectivity index (χ2n) is 15.3. The van der Waals surface area contributed by atoms with Gasteiger partial charge in [-0.15, -0.1) is 0 Å². The second-order valence-corrected chi connectivity index (χ2v) is 15.3. The molecule has 6 nitrogen and oxygen atoms in total. The zero-order chi connectivity index (χ0) is 36.8. The minimum absolute atomic E-state index is 0.00436. The standard InChI is InChI=1S/C45H93NO5/c1-3-5-7-9-11-13-15-17-19-21-23-25-27-29-31-33-36-49-43-45(44-50-42-41-48-40-39-47-38-35-46)51-37-34-32-30-28-26-24-22-20-18-16-14-12-10-8-6-4-2/h45H,3-44,46H2,1-2H3/t45-/m1/s1. The monoisotopic (exact) mass is 728 g/mol. The molecule has 0 aliphatic heterocycles. The summed E-state index contributed by atoms with van der Waals surface area (Å²) in [4.78, 5) is 0. The quantitative estimate of drug-likeness (QED) is 0.0629. The van der Waals surface area contributed by atoms with Crippen molar-refractivity contribution in [1.29, 1.82) is 0 Å². The molecule has 0 fully saturated rings. The van der Waals surface area contributed by atoms with Gasteiger partial charge in [-0.3, -0.25) is 0 Å². The summed E-state index contributed by atoms with van der Waals surface area (Å²) >= 11 is 0. The summed E-state index contributed by atoms with van der Waals surface area (Å²) < 4.78 is 29.2. The fourth-order valence-corrected chi connectivity index (χ4v) is 6.75. The van der Waals surface area contributed by atoms with Crippen LogP contribution in [-0.2, 0) is 23.7 Å². The van der Waals surface area contributed by atoms with Crippen LogP contribution in [0.4, 0.5) is 0 Å². The van der Waals surface area contributed by atoms with Crippen molar-refractivity contribution < 1.29 is 23.7 Å². The van der Waals surface area contributed by atoms with Gasteiger partial charge in [0.25, 0.3) is 0 Å². The molecule has 6 heteroatoms. The van der Waals surface area contributed by atoms with Gasteiger partial charge in [-0.25, -0.2) is 0 Å². The Balaban J connectivity index is 3.82. The average Bonchev–Trinajstić information content (AvgIpc) is 3.14. The van der Waals surface area contributed by atoms with Crippen molar-refractivity contribution in [2.75, 3.05) is 66.0 Å². The van der Waals surface area contributed by atoms with Crippen LogP contribution in [0.25, 0.3) is 0 Å². The number of hydrogen-bond donors (Lipinski definition) is 1. The van der Waals surface area contributed by atoms with Crippen molar-refractivity contribution in [2.24, 2.45) is 5.73 Å². The number of hydrogen-bond acceptors (Lipinski definition) is 6. The number of nitrogens with two attached hydrogens (primary N) is 1. The molecule has 0 aliphatic rings. The molecule has 0 saturated heterocycles. The first-order valence-electron chi connectivity index (χ1n) is 23.0. The Morgan fingerprint density at radius 2 is 0.569 bits per heavy atom. The third-order valence-electron chi connectivity index (χ3n) is 10.1. The average molecular weight is 728 g/mol. The maximum Gasteiger partial charge on any atom is 0.104 e. The van der Waals surface area contributed by atoms with Crippen molar-refractivity contribution in [3.8, 4) is 0 Å². The highest BCUT2D eigenvalue weighted by atomic mass is 16.6. The molecule has 0 aromatic rings. The molecular weight excluding hydrogens is 634 g/mol. The molecule has 0 aliphatic carbocycles. The zero-order valence-electron chi connectivity index (χ0n) is 34.9. The summed E-state index contributed by atoms with van der Waals surface area (Å²) in [6.07, 6.45) is 44.4. The highest BCUT2D eigenvalue weighted by molar-refractivity contribution is 4.58. The van der Waals surface area contributed by atoms with E-state index in [1.54, 1.807) is 0 Å². The molecule has 0 spiro atoms. The van der Waals surface area contributed by atoms with E-state index in [9.17, 15) is 0 Å². The molecule has 0 aromatic heterocycles. The Hall–Kier alpha value is -0.240. The minimum atomic E-state index is -0.00436. The van der Waals surface area contributed by atoms with E-state index in [4.69, 9.17) is 29.4 Å². The van der Waals surface area contributed by atoms with Crippen molar-refractivity contribution in [2.45, 2.75) is 225 Å². The lowest BCUT2D eigenvalue weighted by atomic mass is 10.0. The lowest BCUT2D eigenvalue weighted by molar-refractivity contribution is -0.0696. The summed E-state index contributed by atoms with van der Waals surface area (Å²) in [6.45, 7) is 10.8. The van der Waals surface area contributed by atoms with Crippen molar-refractivity contribution in [3.05, 3.63) is 0 Å². The number of unbranched alkanes of at least 4 members (excludes halogenated alkanes) is 30. The van der Waals surface area contributed by atoms with E-state index in [1.165, 1.54) is 193 Å². The molecule has 0 heterocycles. The first kappa shape index (κ1) is 50.8. The Labute approximate surface area is 320 Å². The van der Waals surface area contributed by atoms with Gasteiger partial charge in [0.1, 0.15) is 6.10 Å². The molecule has 0 amide bonds. The molecule has 0 rings (SSSR count). The molecule has 0 unspecified atom stereocenters. The maximum absolute atomic E-state index is 6.24. The lowest BCUT2D eigenvalue weighted by Gasteiger charge is -2.18. The van der Waals surface area contributed by atoms with Gasteiger partial charge in [-0.05, 0) is 12.8 Å². The summed E-state index contributed by atoms with van der Waals surface area (Å²) in [5, 5.41) is 0. The smallest absolute Gasteiger partial charge is 0.104 e.